The van der Waals surface area contributed by atoms with E-state index in [1.807, 2.05) is 0 Å². The largest absolute Gasteiger partial charge is 0.425 e. The Morgan fingerprint density at radius 3 is 1.12 bits per heavy atom. The zero-order chi connectivity index (χ0) is 13.5. The van der Waals surface area contributed by atoms with E-state index in [0.29, 0.717) is 0 Å². The first-order valence-corrected chi connectivity index (χ1v) is 7.57. The molecule has 17 heavy (non-hydrogen) atoms. The summed E-state index contributed by atoms with van der Waals surface area (Å²) >= 11 is 0. The third kappa shape index (κ3) is 21.4. The van der Waals surface area contributed by atoms with Gasteiger partial charge in [-0.15, -0.1) is 12.6 Å². The lowest BCUT2D eigenvalue weighted by molar-refractivity contribution is 0.261. The van der Waals surface area contributed by atoms with Crippen molar-refractivity contribution in [2.45, 2.75) is 59.3 Å². The normalized spacial score (nSPS) is 9.88. The zero-order valence-corrected chi connectivity index (χ0v) is 12.3. The molecule has 0 amide bonds. The summed E-state index contributed by atoms with van der Waals surface area (Å²) in [4.78, 5) is 2.64. The molecule has 104 valence electrons. The summed E-state index contributed by atoms with van der Waals surface area (Å²) in [6.45, 7) is 10.8. The Balaban J connectivity index is 0. The van der Waals surface area contributed by atoms with Gasteiger partial charge < -0.3 is 4.90 Å². The molecule has 0 aromatic heterocycles. The molecule has 0 unspecified atom stereocenters. The third-order valence-electron chi connectivity index (χ3n) is 2.48. The standard InChI is InChI=1S/C12H27N.O3S/c1-4-7-10-13(11-8-5-2)12-9-6-3;1-4(2)3/h4-12H2,1-3H3;. The van der Waals surface area contributed by atoms with Gasteiger partial charge in [-0.1, -0.05) is 40.0 Å². The van der Waals surface area contributed by atoms with Crippen LogP contribution in [0.3, 0.4) is 0 Å². The van der Waals surface area contributed by atoms with Crippen LogP contribution < -0.4 is 0 Å². The second kappa shape index (κ2) is 15.6. The monoisotopic (exact) mass is 265 g/mol. The SMILES string of the molecule is CCCCN(CCCC)CCCC.O=S(=O)=O. The molecule has 0 aromatic rings. The molecule has 0 aliphatic heterocycles. The van der Waals surface area contributed by atoms with Crippen molar-refractivity contribution in [2.24, 2.45) is 0 Å². The van der Waals surface area contributed by atoms with Crippen molar-refractivity contribution in [3.63, 3.8) is 0 Å². The molecule has 0 spiro atoms. The number of hydrogen-bond donors (Lipinski definition) is 0. The van der Waals surface area contributed by atoms with Crippen molar-refractivity contribution in [2.75, 3.05) is 19.6 Å². The molecule has 0 heterocycles. The third-order valence-corrected chi connectivity index (χ3v) is 2.48. The lowest BCUT2D eigenvalue weighted by atomic mass is 10.2. The molecular formula is C12H27NO3S. The van der Waals surface area contributed by atoms with E-state index >= 15 is 0 Å². The highest BCUT2D eigenvalue weighted by Gasteiger charge is 2.01. The van der Waals surface area contributed by atoms with Gasteiger partial charge in [0.1, 0.15) is 0 Å². The topological polar surface area (TPSA) is 54.5 Å². The van der Waals surface area contributed by atoms with Crippen LogP contribution in [0.15, 0.2) is 0 Å². The Labute approximate surface area is 107 Å². The Morgan fingerprint density at radius 2 is 0.941 bits per heavy atom. The highest BCUT2D eigenvalue weighted by molar-refractivity contribution is 7.59. The van der Waals surface area contributed by atoms with Crippen molar-refractivity contribution in [1.29, 1.82) is 0 Å². The van der Waals surface area contributed by atoms with Crippen LogP contribution in [0, 0.1) is 0 Å². The van der Waals surface area contributed by atoms with Crippen LogP contribution in [0.1, 0.15) is 59.3 Å². The van der Waals surface area contributed by atoms with Crippen LogP contribution in [0.4, 0.5) is 0 Å². The van der Waals surface area contributed by atoms with E-state index in [-0.39, 0.29) is 0 Å². The number of nitrogens with zero attached hydrogens (tertiary/aromatic N) is 1. The van der Waals surface area contributed by atoms with Gasteiger partial charge in [0.05, 0.1) is 0 Å². The highest BCUT2D eigenvalue weighted by atomic mass is 32.2. The summed E-state index contributed by atoms with van der Waals surface area (Å²) in [6, 6.07) is 0. The fourth-order valence-electron chi connectivity index (χ4n) is 1.48. The van der Waals surface area contributed by atoms with Gasteiger partial charge in [-0.25, -0.2) is 0 Å². The van der Waals surface area contributed by atoms with E-state index in [0.717, 1.165) is 0 Å². The Bertz CT molecular complexity index is 212. The lowest BCUT2D eigenvalue weighted by Gasteiger charge is -2.21. The summed E-state index contributed by atoms with van der Waals surface area (Å²) in [7, 11) is -3.11. The Morgan fingerprint density at radius 1 is 0.706 bits per heavy atom. The van der Waals surface area contributed by atoms with E-state index < -0.39 is 10.6 Å². The van der Waals surface area contributed by atoms with Crippen LogP contribution in [-0.4, -0.2) is 37.2 Å². The quantitative estimate of drug-likeness (QED) is 0.643. The van der Waals surface area contributed by atoms with Crippen LogP contribution >= 0.6 is 0 Å². The molecule has 0 fully saturated rings. The maximum atomic E-state index is 8.44. The molecule has 0 saturated heterocycles. The van der Waals surface area contributed by atoms with Crippen LogP contribution in [0.5, 0.6) is 0 Å². The van der Waals surface area contributed by atoms with Crippen molar-refractivity contribution in [1.82, 2.24) is 4.90 Å². The van der Waals surface area contributed by atoms with E-state index in [2.05, 4.69) is 25.7 Å². The van der Waals surface area contributed by atoms with E-state index in [1.54, 1.807) is 0 Å². The van der Waals surface area contributed by atoms with Crippen molar-refractivity contribution in [3.8, 4) is 0 Å². The lowest BCUT2D eigenvalue weighted by Crippen LogP contribution is -2.27. The smallest absolute Gasteiger partial charge is 0.303 e. The van der Waals surface area contributed by atoms with E-state index in [9.17, 15) is 0 Å². The highest BCUT2D eigenvalue weighted by Crippen LogP contribution is 2.01. The number of hydrogen-bond acceptors (Lipinski definition) is 4. The molecule has 0 N–H and O–H groups in total. The maximum Gasteiger partial charge on any atom is 0.425 e. The average molecular weight is 265 g/mol. The molecule has 4 nitrogen and oxygen atoms in total. The van der Waals surface area contributed by atoms with Crippen molar-refractivity contribution < 1.29 is 12.6 Å². The first-order chi connectivity index (χ1) is 8.08. The first-order valence-electron chi connectivity index (χ1n) is 6.57. The molecule has 0 atom stereocenters. The molecule has 0 saturated carbocycles. The van der Waals surface area contributed by atoms with Gasteiger partial charge >= 0.3 is 10.6 Å². The molecule has 0 aliphatic rings. The predicted molar refractivity (Wildman–Crippen MR) is 70.9 cm³/mol. The molecular weight excluding hydrogens is 238 g/mol. The van der Waals surface area contributed by atoms with Gasteiger partial charge in [-0.3, -0.25) is 0 Å². The van der Waals surface area contributed by atoms with Crippen LogP contribution in [0.2, 0.25) is 0 Å². The fourth-order valence-corrected chi connectivity index (χ4v) is 1.48. The number of unbranched alkanes of at least 4 members (excludes halogenated alkanes) is 3. The second-order valence-corrected chi connectivity index (χ2v) is 4.51. The summed E-state index contributed by atoms with van der Waals surface area (Å²) < 4.78 is 25.3. The van der Waals surface area contributed by atoms with Gasteiger partial charge in [0.25, 0.3) is 0 Å². The molecule has 0 aliphatic carbocycles. The van der Waals surface area contributed by atoms with Crippen LogP contribution in [0.25, 0.3) is 0 Å². The van der Waals surface area contributed by atoms with Gasteiger partial charge in [0.2, 0.25) is 0 Å². The van der Waals surface area contributed by atoms with Gasteiger partial charge in [-0.05, 0) is 38.9 Å². The molecule has 0 rings (SSSR count). The fraction of sp³-hybridized carbons (Fsp3) is 1.00. The average Bonchev–Trinajstić information content (AvgIpc) is 2.27. The zero-order valence-electron chi connectivity index (χ0n) is 11.4. The van der Waals surface area contributed by atoms with Crippen molar-refractivity contribution in [3.05, 3.63) is 0 Å². The van der Waals surface area contributed by atoms with E-state index in [4.69, 9.17) is 12.6 Å². The molecule has 0 bridgehead atoms. The minimum Gasteiger partial charge on any atom is -0.303 e. The minimum atomic E-state index is -3.11. The summed E-state index contributed by atoms with van der Waals surface area (Å²) in [5.74, 6) is 0. The van der Waals surface area contributed by atoms with Gasteiger partial charge in [0, 0.05) is 0 Å². The van der Waals surface area contributed by atoms with Crippen LogP contribution in [-0.2, 0) is 10.6 Å². The number of rotatable bonds is 9. The predicted octanol–water partition coefficient (Wildman–Crippen LogP) is 2.68. The maximum absolute atomic E-state index is 8.44. The molecule has 0 radical (unpaired) electrons. The Kier molecular flexibility index (Phi) is 17.4. The second-order valence-electron chi connectivity index (χ2n) is 4.11. The van der Waals surface area contributed by atoms with Gasteiger partial charge in [0.15, 0.2) is 0 Å². The van der Waals surface area contributed by atoms with E-state index in [1.165, 1.54) is 58.2 Å². The molecule has 0 aromatic carbocycles. The van der Waals surface area contributed by atoms with Crippen molar-refractivity contribution >= 4 is 10.6 Å². The Hall–Kier alpha value is -0.420. The first kappa shape index (κ1) is 18.9. The summed E-state index contributed by atoms with van der Waals surface area (Å²) in [5.41, 5.74) is 0. The summed E-state index contributed by atoms with van der Waals surface area (Å²) in [5, 5.41) is 0. The minimum absolute atomic E-state index is 1.32. The summed E-state index contributed by atoms with van der Waals surface area (Å²) in [6.07, 6.45) is 8.09. The van der Waals surface area contributed by atoms with Gasteiger partial charge in [-0.2, -0.15) is 0 Å². The molecule has 5 heteroatoms.